The number of nitrogens with one attached hydrogen (secondary N) is 1. The molecule has 20 heavy (non-hydrogen) atoms. The number of carbonyl (C=O) groups is 1. The van der Waals surface area contributed by atoms with Gasteiger partial charge in [-0.2, -0.15) is 0 Å². The van der Waals surface area contributed by atoms with Crippen LogP contribution in [0.5, 0.6) is 0 Å². The Labute approximate surface area is 126 Å². The van der Waals surface area contributed by atoms with Gasteiger partial charge in [-0.3, -0.25) is 4.79 Å². The van der Waals surface area contributed by atoms with Crippen LogP contribution < -0.4 is 11.1 Å². The molecule has 1 atom stereocenters. The lowest BCUT2D eigenvalue weighted by atomic mass is 10.1. The average molecular weight is 321 g/mol. The average Bonchev–Trinajstić information content (AvgIpc) is 2.27. The Bertz CT molecular complexity index is 571. The van der Waals surface area contributed by atoms with Crippen molar-refractivity contribution in [2.75, 3.05) is 12.8 Å². The minimum atomic E-state index is -3.31. The van der Waals surface area contributed by atoms with Gasteiger partial charge in [-0.1, -0.05) is 6.07 Å². The summed E-state index contributed by atoms with van der Waals surface area (Å²) in [4.78, 5) is 12.1. The number of amides is 1. The number of hydrogen-bond acceptors (Lipinski definition) is 4. The summed E-state index contributed by atoms with van der Waals surface area (Å²) in [6, 6.07) is 4.57. The van der Waals surface area contributed by atoms with E-state index in [1.165, 1.54) is 12.1 Å². The molecule has 0 saturated carbocycles. The first-order valence-electron chi connectivity index (χ1n) is 6.06. The fourth-order valence-corrected chi connectivity index (χ4v) is 2.23. The van der Waals surface area contributed by atoms with Crippen LogP contribution in [0.4, 0.5) is 0 Å². The van der Waals surface area contributed by atoms with Gasteiger partial charge in [-0.25, -0.2) is 8.42 Å². The Kier molecular flexibility index (Phi) is 7.19. The van der Waals surface area contributed by atoms with E-state index in [1.807, 2.05) is 6.92 Å². The van der Waals surface area contributed by atoms with E-state index >= 15 is 0 Å². The van der Waals surface area contributed by atoms with Gasteiger partial charge in [-0.15, -0.1) is 12.4 Å². The van der Waals surface area contributed by atoms with Gasteiger partial charge in [0.1, 0.15) is 0 Å². The maximum absolute atomic E-state index is 12.0. The first kappa shape index (κ1) is 18.9. The van der Waals surface area contributed by atoms with Crippen LogP contribution in [0.3, 0.4) is 0 Å². The summed E-state index contributed by atoms with van der Waals surface area (Å²) in [5, 5.41) is 2.74. The van der Waals surface area contributed by atoms with Crippen LogP contribution in [-0.4, -0.2) is 33.2 Å². The van der Waals surface area contributed by atoms with Crippen LogP contribution >= 0.6 is 12.4 Å². The van der Waals surface area contributed by atoms with Gasteiger partial charge in [0.2, 0.25) is 0 Å². The molecule has 1 aromatic rings. The highest BCUT2D eigenvalue weighted by Gasteiger charge is 2.14. The van der Waals surface area contributed by atoms with Crippen molar-refractivity contribution in [1.82, 2.24) is 5.32 Å². The summed E-state index contributed by atoms with van der Waals surface area (Å²) in [7, 11) is -3.31. The van der Waals surface area contributed by atoms with Crippen LogP contribution in [0.15, 0.2) is 23.1 Å². The highest BCUT2D eigenvalue weighted by atomic mass is 35.5. The molecule has 0 saturated heterocycles. The number of nitrogens with two attached hydrogens (primary N) is 1. The molecule has 7 heteroatoms. The van der Waals surface area contributed by atoms with Crippen molar-refractivity contribution in [2.45, 2.75) is 31.2 Å². The van der Waals surface area contributed by atoms with Crippen LogP contribution in [0, 0.1) is 6.92 Å². The smallest absolute Gasteiger partial charge is 0.251 e. The number of rotatable bonds is 5. The molecule has 114 valence electrons. The zero-order chi connectivity index (χ0) is 14.6. The van der Waals surface area contributed by atoms with Crippen molar-refractivity contribution in [3.05, 3.63) is 29.3 Å². The summed E-state index contributed by atoms with van der Waals surface area (Å²) in [5.74, 6) is -0.274. The molecule has 0 fully saturated rings. The van der Waals surface area contributed by atoms with Crippen LogP contribution in [0.25, 0.3) is 0 Å². The molecule has 1 unspecified atom stereocenters. The molecule has 0 radical (unpaired) electrons. The van der Waals surface area contributed by atoms with Crippen LogP contribution in [0.1, 0.15) is 29.3 Å². The van der Waals surface area contributed by atoms with Gasteiger partial charge in [0.15, 0.2) is 9.84 Å². The van der Waals surface area contributed by atoms with E-state index in [9.17, 15) is 13.2 Å². The number of hydrogen-bond donors (Lipinski definition) is 2. The number of carbonyl (C=O) groups excluding carboxylic acids is 1. The highest BCUT2D eigenvalue weighted by molar-refractivity contribution is 7.90. The van der Waals surface area contributed by atoms with Crippen molar-refractivity contribution in [3.63, 3.8) is 0 Å². The third-order valence-corrected chi connectivity index (χ3v) is 3.88. The maximum atomic E-state index is 12.0. The standard InChI is InChI=1S/C13H20N2O3S.ClH/c1-9-4-5-11(19(3,17)18)8-12(9)13(16)15-7-6-10(2)14;/h4-5,8,10H,6-7,14H2,1-3H3,(H,15,16);1H. The molecule has 5 nitrogen and oxygen atoms in total. The minimum absolute atomic E-state index is 0. The summed E-state index contributed by atoms with van der Waals surface area (Å²) >= 11 is 0. The quantitative estimate of drug-likeness (QED) is 0.855. The number of halogens is 1. The highest BCUT2D eigenvalue weighted by Crippen LogP contribution is 2.15. The molecule has 1 aromatic carbocycles. The van der Waals surface area contributed by atoms with E-state index < -0.39 is 9.84 Å². The second-order valence-corrected chi connectivity index (χ2v) is 6.79. The Morgan fingerprint density at radius 1 is 1.40 bits per heavy atom. The molecule has 0 aliphatic carbocycles. The number of aryl methyl sites for hydroxylation is 1. The van der Waals surface area contributed by atoms with Gasteiger partial charge in [0.05, 0.1) is 4.90 Å². The molecule has 0 aromatic heterocycles. The summed E-state index contributed by atoms with van der Waals surface area (Å²) in [6.45, 7) is 4.10. The number of sulfone groups is 1. The first-order valence-corrected chi connectivity index (χ1v) is 7.95. The number of benzene rings is 1. The van der Waals surface area contributed by atoms with Crippen molar-refractivity contribution in [2.24, 2.45) is 5.73 Å². The summed E-state index contributed by atoms with van der Waals surface area (Å²) in [5.41, 5.74) is 6.72. The Balaban J connectivity index is 0.00000361. The molecule has 0 bridgehead atoms. The van der Waals surface area contributed by atoms with E-state index in [1.54, 1.807) is 13.0 Å². The van der Waals surface area contributed by atoms with Gasteiger partial charge < -0.3 is 11.1 Å². The van der Waals surface area contributed by atoms with E-state index in [4.69, 9.17) is 5.73 Å². The third-order valence-electron chi connectivity index (χ3n) is 2.77. The topological polar surface area (TPSA) is 89.3 Å². The van der Waals surface area contributed by atoms with E-state index in [-0.39, 0.29) is 29.3 Å². The maximum Gasteiger partial charge on any atom is 0.251 e. The monoisotopic (exact) mass is 320 g/mol. The fourth-order valence-electron chi connectivity index (χ4n) is 1.58. The van der Waals surface area contributed by atoms with E-state index in [0.717, 1.165) is 11.8 Å². The van der Waals surface area contributed by atoms with Gasteiger partial charge in [0.25, 0.3) is 5.91 Å². The molecule has 0 heterocycles. The molecular formula is C13H21ClN2O3S. The Morgan fingerprint density at radius 2 is 2.00 bits per heavy atom. The van der Waals surface area contributed by atoms with Gasteiger partial charge in [-0.05, 0) is 38.0 Å². The Hall–Kier alpha value is -1.11. The third kappa shape index (κ3) is 5.48. The second-order valence-electron chi connectivity index (χ2n) is 4.77. The van der Waals surface area contributed by atoms with Crippen LogP contribution in [0.2, 0.25) is 0 Å². The van der Waals surface area contributed by atoms with Crippen LogP contribution in [-0.2, 0) is 9.84 Å². The lowest BCUT2D eigenvalue weighted by molar-refractivity contribution is 0.0952. The lowest BCUT2D eigenvalue weighted by Crippen LogP contribution is -2.29. The second kappa shape index (κ2) is 7.61. The van der Waals surface area contributed by atoms with Gasteiger partial charge in [0, 0.05) is 24.4 Å². The molecule has 1 rings (SSSR count). The summed E-state index contributed by atoms with van der Waals surface area (Å²) < 4.78 is 22.9. The molecule has 3 N–H and O–H groups in total. The SMILES string of the molecule is Cc1ccc(S(C)(=O)=O)cc1C(=O)NCCC(C)N.Cl. The first-order chi connectivity index (χ1) is 8.71. The molecule has 0 aliphatic heterocycles. The Morgan fingerprint density at radius 3 is 2.50 bits per heavy atom. The largest absolute Gasteiger partial charge is 0.352 e. The van der Waals surface area contributed by atoms with Crippen molar-refractivity contribution >= 4 is 28.2 Å². The van der Waals surface area contributed by atoms with Crippen molar-refractivity contribution < 1.29 is 13.2 Å². The molecule has 1 amide bonds. The lowest BCUT2D eigenvalue weighted by Gasteiger charge is -2.10. The van der Waals surface area contributed by atoms with Crippen molar-refractivity contribution in [3.8, 4) is 0 Å². The summed E-state index contributed by atoms with van der Waals surface area (Å²) in [6.07, 6.45) is 1.80. The fraction of sp³-hybridized carbons (Fsp3) is 0.462. The molecule has 0 spiro atoms. The zero-order valence-corrected chi connectivity index (χ0v) is 13.5. The predicted octanol–water partition coefficient (Wildman–Crippen LogP) is 1.29. The van der Waals surface area contributed by atoms with E-state index in [0.29, 0.717) is 18.5 Å². The normalized spacial score (nSPS) is 12.4. The zero-order valence-electron chi connectivity index (χ0n) is 11.8. The molecule has 0 aliphatic rings. The van der Waals surface area contributed by atoms with E-state index in [2.05, 4.69) is 5.32 Å². The molecular weight excluding hydrogens is 300 g/mol. The minimum Gasteiger partial charge on any atom is -0.352 e. The van der Waals surface area contributed by atoms with Crippen molar-refractivity contribution in [1.29, 1.82) is 0 Å². The van der Waals surface area contributed by atoms with Gasteiger partial charge >= 0.3 is 0 Å². The predicted molar refractivity (Wildman–Crippen MR) is 82.1 cm³/mol.